The zero-order chi connectivity index (χ0) is 18.9. The summed E-state index contributed by atoms with van der Waals surface area (Å²) in [6.45, 7) is 3.34. The number of fused-ring (bicyclic) bond motifs is 2. The summed E-state index contributed by atoms with van der Waals surface area (Å²) < 4.78 is 0. The first-order valence-corrected chi connectivity index (χ1v) is 10.7. The summed E-state index contributed by atoms with van der Waals surface area (Å²) in [4.78, 5) is 24.6. The summed E-state index contributed by atoms with van der Waals surface area (Å²) in [5.74, 6) is 1.42. The summed E-state index contributed by atoms with van der Waals surface area (Å²) in [5, 5.41) is 10.9. The van der Waals surface area contributed by atoms with E-state index in [4.69, 9.17) is 4.98 Å². The highest BCUT2D eigenvalue weighted by Gasteiger charge is 2.29. The highest BCUT2D eigenvalue weighted by Crippen LogP contribution is 2.26. The molecule has 148 valence electrons. The third-order valence-electron chi connectivity index (χ3n) is 6.41. The summed E-state index contributed by atoms with van der Waals surface area (Å²) in [6.07, 6.45) is 10.6. The average molecular weight is 380 g/mol. The van der Waals surface area contributed by atoms with Crippen molar-refractivity contribution < 1.29 is 4.79 Å². The maximum absolute atomic E-state index is 13.2. The minimum absolute atomic E-state index is 0.0469. The number of rotatable bonds is 2. The molecule has 4 heterocycles. The van der Waals surface area contributed by atoms with Gasteiger partial charge in [0.25, 0.3) is 5.91 Å². The van der Waals surface area contributed by atoms with E-state index in [1.807, 2.05) is 11.1 Å². The van der Waals surface area contributed by atoms with Crippen LogP contribution in [-0.4, -0.2) is 50.6 Å². The number of carbonyl (C=O) groups excluding carboxylic acids is 1. The number of aryl methyl sites for hydroxylation is 1. The first-order valence-electron chi connectivity index (χ1n) is 10.7. The second-order valence-electron chi connectivity index (χ2n) is 8.31. The molecule has 1 atom stereocenters. The van der Waals surface area contributed by atoms with Crippen LogP contribution >= 0.6 is 0 Å². The zero-order valence-electron chi connectivity index (χ0n) is 16.3. The monoisotopic (exact) mass is 380 g/mol. The SMILES string of the molecule is O=C(c1n[nH]c2c1CCCCC2)N1CCc2nc([C@@H]3CCCNC3)ncc2C1. The van der Waals surface area contributed by atoms with Crippen LogP contribution in [0.2, 0.25) is 0 Å². The summed E-state index contributed by atoms with van der Waals surface area (Å²) in [5.41, 5.74) is 5.12. The molecule has 0 aromatic carbocycles. The maximum Gasteiger partial charge on any atom is 0.274 e. The van der Waals surface area contributed by atoms with Gasteiger partial charge >= 0.3 is 0 Å². The van der Waals surface area contributed by atoms with Gasteiger partial charge in [-0.05, 0) is 45.1 Å². The largest absolute Gasteiger partial charge is 0.332 e. The Morgan fingerprint density at radius 1 is 1.14 bits per heavy atom. The molecule has 2 aromatic rings. The minimum Gasteiger partial charge on any atom is -0.332 e. The molecular weight excluding hydrogens is 352 g/mol. The van der Waals surface area contributed by atoms with Crippen molar-refractivity contribution in [2.24, 2.45) is 0 Å². The molecule has 1 amide bonds. The fourth-order valence-electron chi connectivity index (χ4n) is 4.76. The highest BCUT2D eigenvalue weighted by molar-refractivity contribution is 5.94. The van der Waals surface area contributed by atoms with E-state index in [1.165, 1.54) is 19.3 Å². The number of aromatic amines is 1. The number of amides is 1. The van der Waals surface area contributed by atoms with Crippen LogP contribution in [0.5, 0.6) is 0 Å². The van der Waals surface area contributed by atoms with E-state index in [-0.39, 0.29) is 5.91 Å². The van der Waals surface area contributed by atoms with E-state index in [0.29, 0.717) is 24.7 Å². The number of H-pyrrole nitrogens is 1. The quantitative estimate of drug-likeness (QED) is 0.780. The third-order valence-corrected chi connectivity index (χ3v) is 6.41. The number of aromatic nitrogens is 4. The molecule has 7 heteroatoms. The predicted octanol–water partition coefficient (Wildman–Crippen LogP) is 2.13. The van der Waals surface area contributed by atoms with Crippen molar-refractivity contribution in [1.82, 2.24) is 30.4 Å². The molecule has 0 saturated carbocycles. The lowest BCUT2D eigenvalue weighted by molar-refractivity contribution is 0.0726. The van der Waals surface area contributed by atoms with E-state index < -0.39 is 0 Å². The van der Waals surface area contributed by atoms with Gasteiger partial charge in [0.2, 0.25) is 0 Å². The molecule has 2 aromatic heterocycles. The van der Waals surface area contributed by atoms with Crippen LogP contribution in [0.4, 0.5) is 0 Å². The van der Waals surface area contributed by atoms with Crippen LogP contribution in [-0.2, 0) is 25.8 Å². The Balaban J connectivity index is 1.33. The van der Waals surface area contributed by atoms with Gasteiger partial charge in [0.15, 0.2) is 5.69 Å². The molecule has 1 aliphatic carbocycles. The van der Waals surface area contributed by atoms with Gasteiger partial charge in [-0.1, -0.05) is 6.42 Å². The van der Waals surface area contributed by atoms with E-state index in [1.54, 1.807) is 0 Å². The second-order valence-corrected chi connectivity index (χ2v) is 8.31. The van der Waals surface area contributed by atoms with Gasteiger partial charge in [0.1, 0.15) is 5.82 Å². The highest BCUT2D eigenvalue weighted by atomic mass is 16.2. The van der Waals surface area contributed by atoms with Crippen molar-refractivity contribution in [3.63, 3.8) is 0 Å². The molecule has 0 radical (unpaired) electrons. The van der Waals surface area contributed by atoms with Crippen molar-refractivity contribution in [3.05, 3.63) is 40.2 Å². The van der Waals surface area contributed by atoms with Gasteiger partial charge in [-0.2, -0.15) is 5.10 Å². The van der Waals surface area contributed by atoms with Gasteiger partial charge in [-0.3, -0.25) is 9.89 Å². The van der Waals surface area contributed by atoms with Gasteiger partial charge in [0, 0.05) is 55.0 Å². The van der Waals surface area contributed by atoms with Crippen LogP contribution in [0, 0.1) is 0 Å². The lowest BCUT2D eigenvalue weighted by Gasteiger charge is -2.29. The molecule has 3 aliphatic rings. The van der Waals surface area contributed by atoms with Crippen molar-refractivity contribution in [3.8, 4) is 0 Å². The van der Waals surface area contributed by atoms with Crippen LogP contribution in [0.25, 0.3) is 0 Å². The second kappa shape index (κ2) is 7.62. The fourth-order valence-corrected chi connectivity index (χ4v) is 4.76. The lowest BCUT2D eigenvalue weighted by atomic mass is 9.98. The van der Waals surface area contributed by atoms with E-state index in [9.17, 15) is 4.79 Å². The summed E-state index contributed by atoms with van der Waals surface area (Å²) in [7, 11) is 0. The average Bonchev–Trinajstić information content (AvgIpc) is 3.01. The normalized spacial score (nSPS) is 22.3. The molecular formula is C21H28N6O. The molecule has 7 nitrogen and oxygen atoms in total. The Morgan fingerprint density at radius 2 is 2.07 bits per heavy atom. The smallest absolute Gasteiger partial charge is 0.274 e. The Hall–Kier alpha value is -2.28. The van der Waals surface area contributed by atoms with Crippen LogP contribution in [0.1, 0.15) is 76.8 Å². The maximum atomic E-state index is 13.2. The summed E-state index contributed by atoms with van der Waals surface area (Å²) >= 11 is 0. The van der Waals surface area contributed by atoms with E-state index in [0.717, 1.165) is 73.5 Å². The molecule has 2 aliphatic heterocycles. The van der Waals surface area contributed by atoms with Gasteiger partial charge in [-0.25, -0.2) is 9.97 Å². The fraction of sp³-hybridized carbons (Fsp3) is 0.619. The number of hydrogen-bond donors (Lipinski definition) is 2. The molecule has 1 saturated heterocycles. The van der Waals surface area contributed by atoms with Crippen LogP contribution in [0.3, 0.4) is 0 Å². The standard InChI is InChI=1S/C21H28N6O/c28-21(19-16-6-2-1-3-7-18(16)25-26-19)27-10-8-17-15(13-27)12-23-20(24-17)14-5-4-9-22-11-14/h12,14,22H,1-11,13H2,(H,25,26)/t14-/m1/s1. The number of carbonyl (C=O) groups is 1. The Morgan fingerprint density at radius 3 is 2.96 bits per heavy atom. The molecule has 28 heavy (non-hydrogen) atoms. The van der Waals surface area contributed by atoms with E-state index in [2.05, 4.69) is 20.5 Å². The van der Waals surface area contributed by atoms with Crippen molar-refractivity contribution >= 4 is 5.91 Å². The first-order chi connectivity index (χ1) is 13.8. The predicted molar refractivity (Wildman–Crippen MR) is 105 cm³/mol. The van der Waals surface area contributed by atoms with Gasteiger partial charge < -0.3 is 10.2 Å². The van der Waals surface area contributed by atoms with Crippen molar-refractivity contribution in [2.75, 3.05) is 19.6 Å². The Kier molecular flexibility index (Phi) is 4.84. The van der Waals surface area contributed by atoms with Crippen LogP contribution in [0.15, 0.2) is 6.20 Å². The number of piperidine rings is 1. The zero-order valence-corrected chi connectivity index (χ0v) is 16.3. The van der Waals surface area contributed by atoms with Crippen molar-refractivity contribution in [1.29, 1.82) is 0 Å². The molecule has 2 N–H and O–H groups in total. The number of hydrogen-bond acceptors (Lipinski definition) is 5. The van der Waals surface area contributed by atoms with Gasteiger partial charge in [-0.15, -0.1) is 0 Å². The van der Waals surface area contributed by atoms with Gasteiger partial charge in [0.05, 0.1) is 5.69 Å². The number of nitrogens with one attached hydrogen (secondary N) is 2. The summed E-state index contributed by atoms with van der Waals surface area (Å²) in [6, 6.07) is 0. The molecule has 5 rings (SSSR count). The topological polar surface area (TPSA) is 86.8 Å². The van der Waals surface area contributed by atoms with E-state index >= 15 is 0 Å². The molecule has 0 spiro atoms. The Bertz CT molecular complexity index is 870. The third kappa shape index (κ3) is 3.32. The molecule has 1 fully saturated rings. The minimum atomic E-state index is 0.0469. The van der Waals surface area contributed by atoms with Crippen LogP contribution < -0.4 is 5.32 Å². The lowest BCUT2D eigenvalue weighted by Crippen LogP contribution is -2.37. The number of nitrogens with zero attached hydrogens (tertiary/aromatic N) is 4. The first kappa shape index (κ1) is 17.8. The Labute approximate surface area is 165 Å². The molecule has 0 bridgehead atoms. The van der Waals surface area contributed by atoms with Crippen molar-refractivity contribution in [2.45, 2.75) is 63.8 Å². The molecule has 0 unspecified atom stereocenters.